The van der Waals surface area contributed by atoms with E-state index >= 15 is 0 Å². The number of carbonyl (C=O) groups excluding carboxylic acids is 3. The summed E-state index contributed by atoms with van der Waals surface area (Å²) in [7, 11) is 0. The van der Waals surface area contributed by atoms with Gasteiger partial charge in [0.25, 0.3) is 5.91 Å². The van der Waals surface area contributed by atoms with Gasteiger partial charge in [-0.15, -0.1) is 0 Å². The number of rotatable bonds is 3. The number of para-hydroxylation sites is 2. The van der Waals surface area contributed by atoms with Crippen LogP contribution in [-0.4, -0.2) is 36.4 Å². The molecular weight excluding hydrogens is 449 g/mol. The molecule has 2 unspecified atom stereocenters. The first-order valence-electron chi connectivity index (χ1n) is 9.84. The second-order valence-corrected chi connectivity index (χ2v) is 8.15. The molecule has 2 atom stereocenters. The number of nitrogens with zero attached hydrogens (tertiary/aromatic N) is 1. The van der Waals surface area contributed by atoms with E-state index in [0.29, 0.717) is 15.5 Å². The molecule has 0 saturated heterocycles. The second-order valence-electron chi connectivity index (χ2n) is 7.74. The molecule has 1 N–H and O–H groups in total. The number of anilines is 2. The van der Waals surface area contributed by atoms with Gasteiger partial charge in [-0.05, 0) is 35.7 Å². The minimum Gasteiger partial charge on any atom is -0.483 e. The van der Waals surface area contributed by atoms with E-state index in [1.807, 2.05) is 6.92 Å². The molecule has 6 nitrogen and oxygen atoms in total. The highest BCUT2D eigenvalue weighted by Gasteiger charge is 2.49. The van der Waals surface area contributed by atoms with Crippen LogP contribution in [0, 0.1) is 0 Å². The van der Waals surface area contributed by atoms with Crippen LogP contribution in [0.5, 0.6) is 5.75 Å². The van der Waals surface area contributed by atoms with E-state index in [1.165, 1.54) is 36.4 Å². The third-order valence-corrected chi connectivity index (χ3v) is 5.87. The second kappa shape index (κ2) is 8.12. The minimum atomic E-state index is -4.85. The van der Waals surface area contributed by atoms with Gasteiger partial charge in [0.05, 0.1) is 23.4 Å². The molecule has 1 aliphatic carbocycles. The number of fused-ring (bicyclic) bond motifs is 2. The van der Waals surface area contributed by atoms with Crippen LogP contribution in [0.2, 0.25) is 5.02 Å². The number of hydrogen-bond acceptors (Lipinski definition) is 4. The molecule has 1 aliphatic heterocycles. The van der Waals surface area contributed by atoms with Crippen LogP contribution in [0.15, 0.2) is 36.4 Å². The first kappa shape index (κ1) is 22.1. The zero-order valence-corrected chi connectivity index (χ0v) is 17.6. The van der Waals surface area contributed by atoms with Gasteiger partial charge >= 0.3 is 6.18 Å². The number of amides is 2. The van der Waals surface area contributed by atoms with Gasteiger partial charge in [0.2, 0.25) is 5.91 Å². The molecule has 0 spiro atoms. The topological polar surface area (TPSA) is 75.7 Å². The van der Waals surface area contributed by atoms with Crippen molar-refractivity contribution in [3.05, 3.63) is 52.5 Å². The summed E-state index contributed by atoms with van der Waals surface area (Å²) in [6.07, 6.45) is -5.57. The Morgan fingerprint density at radius 2 is 1.91 bits per heavy atom. The Balaban J connectivity index is 1.67. The van der Waals surface area contributed by atoms with Gasteiger partial charge < -0.3 is 10.1 Å². The molecule has 0 aromatic heterocycles. The Bertz CT molecular complexity index is 1120. The van der Waals surface area contributed by atoms with Crippen molar-refractivity contribution in [2.45, 2.75) is 37.9 Å². The van der Waals surface area contributed by atoms with E-state index in [9.17, 15) is 27.6 Å². The van der Waals surface area contributed by atoms with Crippen molar-refractivity contribution in [1.29, 1.82) is 0 Å². The van der Waals surface area contributed by atoms with Crippen molar-refractivity contribution in [3.8, 4) is 5.75 Å². The molecule has 0 radical (unpaired) electrons. The lowest BCUT2D eigenvalue weighted by Crippen LogP contribution is -2.51. The molecule has 4 rings (SSSR count). The van der Waals surface area contributed by atoms with Crippen LogP contribution in [-0.2, 0) is 9.59 Å². The van der Waals surface area contributed by atoms with Crippen LogP contribution in [0.1, 0.15) is 41.6 Å². The molecule has 0 saturated carbocycles. The Labute approximate surface area is 186 Å². The van der Waals surface area contributed by atoms with Crippen LogP contribution in [0.3, 0.4) is 0 Å². The van der Waals surface area contributed by atoms with E-state index in [0.717, 1.165) is 0 Å². The van der Waals surface area contributed by atoms with Crippen LogP contribution >= 0.6 is 11.6 Å². The van der Waals surface area contributed by atoms with Crippen LogP contribution < -0.4 is 15.0 Å². The lowest BCUT2D eigenvalue weighted by molar-refractivity contribution is -0.158. The molecule has 2 aromatic carbocycles. The Hall–Kier alpha value is -3.07. The lowest BCUT2D eigenvalue weighted by atomic mass is 10.0. The largest absolute Gasteiger partial charge is 0.483 e. The van der Waals surface area contributed by atoms with Crippen molar-refractivity contribution in [2.24, 2.45) is 0 Å². The van der Waals surface area contributed by atoms with E-state index in [2.05, 4.69) is 5.32 Å². The first-order chi connectivity index (χ1) is 15.1. The van der Waals surface area contributed by atoms with Crippen molar-refractivity contribution in [2.75, 3.05) is 16.8 Å². The molecular formula is C22H18ClF3N2O4. The van der Waals surface area contributed by atoms with Crippen molar-refractivity contribution >= 4 is 40.6 Å². The summed E-state index contributed by atoms with van der Waals surface area (Å²) < 4.78 is 47.0. The van der Waals surface area contributed by atoms with Crippen molar-refractivity contribution in [3.63, 3.8) is 0 Å². The highest BCUT2D eigenvalue weighted by Crippen LogP contribution is 2.42. The number of alkyl halides is 3. The lowest BCUT2D eigenvalue weighted by Gasteiger charge is -2.31. The molecule has 2 aromatic rings. The molecule has 0 bridgehead atoms. The highest BCUT2D eigenvalue weighted by molar-refractivity contribution is 6.32. The number of nitrogens with one attached hydrogen (secondary N) is 1. The number of carbonyl (C=O) groups is 3. The van der Waals surface area contributed by atoms with Gasteiger partial charge in [-0.2, -0.15) is 13.2 Å². The van der Waals surface area contributed by atoms with Gasteiger partial charge in [0.15, 0.2) is 12.4 Å². The average molecular weight is 467 g/mol. The molecule has 1 heterocycles. The van der Waals surface area contributed by atoms with Gasteiger partial charge in [-0.3, -0.25) is 19.3 Å². The summed E-state index contributed by atoms with van der Waals surface area (Å²) in [5.41, 5.74) is 0.859. The molecule has 10 heteroatoms. The first-order valence-corrected chi connectivity index (χ1v) is 10.2. The predicted octanol–water partition coefficient (Wildman–Crippen LogP) is 4.72. The zero-order valence-electron chi connectivity index (χ0n) is 16.8. The average Bonchev–Trinajstić information content (AvgIpc) is 2.92. The van der Waals surface area contributed by atoms with Gasteiger partial charge in [0, 0.05) is 11.4 Å². The number of Topliss-reactive ketones (excluding diaryl/α,β-unsaturated/α-hetero) is 1. The SMILES string of the molecule is CC1CC(=O)c2c(OCC(=O)N3c4ccccc4NC(=O)CC3C(F)(F)F)ccc(Cl)c21. The van der Waals surface area contributed by atoms with Gasteiger partial charge in [-0.1, -0.05) is 30.7 Å². The normalized spacial score (nSPS) is 20.3. The summed E-state index contributed by atoms with van der Waals surface area (Å²) in [5.74, 6) is -2.11. The maximum atomic E-state index is 13.8. The molecule has 168 valence electrons. The van der Waals surface area contributed by atoms with Crippen molar-refractivity contribution in [1.82, 2.24) is 0 Å². The third-order valence-electron chi connectivity index (χ3n) is 5.54. The molecule has 0 fully saturated rings. The van der Waals surface area contributed by atoms with Crippen LogP contribution in [0.4, 0.5) is 24.5 Å². The highest BCUT2D eigenvalue weighted by atomic mass is 35.5. The van der Waals surface area contributed by atoms with Gasteiger partial charge in [-0.25, -0.2) is 0 Å². The van der Waals surface area contributed by atoms with Crippen LogP contribution in [0.25, 0.3) is 0 Å². The Morgan fingerprint density at radius 1 is 1.19 bits per heavy atom. The van der Waals surface area contributed by atoms with E-state index in [1.54, 1.807) is 0 Å². The molecule has 32 heavy (non-hydrogen) atoms. The number of hydrogen-bond donors (Lipinski definition) is 1. The summed E-state index contributed by atoms with van der Waals surface area (Å²) in [4.78, 5) is 38.0. The summed E-state index contributed by atoms with van der Waals surface area (Å²) >= 11 is 6.20. The zero-order chi connectivity index (χ0) is 23.2. The fraction of sp³-hybridized carbons (Fsp3) is 0.318. The quantitative estimate of drug-likeness (QED) is 0.710. The third kappa shape index (κ3) is 3.92. The number of halogens is 4. The number of ether oxygens (including phenoxy) is 1. The molecule has 2 amide bonds. The monoisotopic (exact) mass is 466 g/mol. The Morgan fingerprint density at radius 3 is 2.62 bits per heavy atom. The summed E-state index contributed by atoms with van der Waals surface area (Å²) in [6, 6.07) is 6.33. The fourth-order valence-electron chi connectivity index (χ4n) is 4.15. The van der Waals surface area contributed by atoms with E-state index in [-0.39, 0.29) is 40.8 Å². The van der Waals surface area contributed by atoms with Gasteiger partial charge in [0.1, 0.15) is 11.8 Å². The van der Waals surface area contributed by atoms with Crippen molar-refractivity contribution < 1.29 is 32.3 Å². The molecule has 2 aliphatic rings. The summed E-state index contributed by atoms with van der Waals surface area (Å²) in [5, 5.41) is 2.79. The maximum absolute atomic E-state index is 13.8. The van der Waals surface area contributed by atoms with E-state index < -0.39 is 37.1 Å². The van der Waals surface area contributed by atoms with E-state index in [4.69, 9.17) is 16.3 Å². The smallest absolute Gasteiger partial charge is 0.409 e. The predicted molar refractivity (Wildman–Crippen MR) is 111 cm³/mol. The fourth-order valence-corrected chi connectivity index (χ4v) is 4.49. The number of ketones is 1. The Kier molecular flexibility index (Phi) is 5.62. The minimum absolute atomic E-state index is 0.0830. The standard InChI is InChI=1S/C22H18ClF3N2O4/c1-11-8-15(29)21-16(7-6-12(23)20(11)21)32-10-19(31)28-14-5-3-2-4-13(14)27-18(30)9-17(28)22(24,25)26/h2-7,11,17H,8-10H2,1H3,(H,27,30). The maximum Gasteiger partial charge on any atom is 0.409 e. The number of benzene rings is 2. The summed E-state index contributed by atoms with van der Waals surface area (Å²) in [6.45, 7) is 1.07.